The van der Waals surface area contributed by atoms with Crippen LogP contribution in [-0.4, -0.2) is 40.9 Å². The van der Waals surface area contributed by atoms with E-state index in [1.807, 2.05) is 11.8 Å². The average molecular weight is 242 g/mol. The first-order valence-electron chi connectivity index (χ1n) is 6.20. The Morgan fingerprint density at radius 3 is 2.88 bits per heavy atom. The van der Waals surface area contributed by atoms with E-state index in [0.29, 0.717) is 11.9 Å². The van der Waals surface area contributed by atoms with Crippen molar-refractivity contribution in [2.75, 3.05) is 18.1 Å². The quantitative estimate of drug-likeness (QED) is 0.757. The summed E-state index contributed by atoms with van der Waals surface area (Å²) in [4.78, 5) is 14.6. The van der Waals surface area contributed by atoms with Crippen LogP contribution in [0.5, 0.6) is 0 Å². The van der Waals surface area contributed by atoms with Crippen LogP contribution in [0, 0.1) is 5.41 Å². The molecule has 2 fully saturated rings. The van der Waals surface area contributed by atoms with Gasteiger partial charge in [-0.1, -0.05) is 6.42 Å². The molecular formula is C12H22N2OS. The molecule has 1 heterocycles. The first-order valence-corrected chi connectivity index (χ1v) is 7.35. The Balaban J connectivity index is 2.11. The second kappa shape index (κ2) is 4.57. The molecule has 92 valence electrons. The Hall–Kier alpha value is -0.220. The molecule has 16 heavy (non-hydrogen) atoms. The SMILES string of the molecule is CC1CSCCN1C(=O)C1(C)CCCC1N. The minimum absolute atomic E-state index is 0.0572. The first kappa shape index (κ1) is 12.2. The largest absolute Gasteiger partial charge is 0.338 e. The van der Waals surface area contributed by atoms with Crippen molar-refractivity contribution >= 4 is 17.7 Å². The number of hydrogen-bond donors (Lipinski definition) is 1. The van der Waals surface area contributed by atoms with Crippen LogP contribution in [0.1, 0.15) is 33.1 Å². The third-order valence-electron chi connectivity index (χ3n) is 4.15. The Morgan fingerprint density at radius 2 is 2.31 bits per heavy atom. The molecule has 3 unspecified atom stereocenters. The van der Waals surface area contributed by atoms with Gasteiger partial charge < -0.3 is 10.6 Å². The lowest BCUT2D eigenvalue weighted by Gasteiger charge is -2.40. The highest BCUT2D eigenvalue weighted by Crippen LogP contribution is 2.39. The smallest absolute Gasteiger partial charge is 0.230 e. The van der Waals surface area contributed by atoms with Crippen LogP contribution in [0.4, 0.5) is 0 Å². The van der Waals surface area contributed by atoms with Crippen LogP contribution in [0.3, 0.4) is 0 Å². The van der Waals surface area contributed by atoms with Crippen molar-refractivity contribution in [1.82, 2.24) is 4.90 Å². The predicted molar refractivity (Wildman–Crippen MR) is 68.4 cm³/mol. The molecule has 2 rings (SSSR count). The van der Waals surface area contributed by atoms with Crippen molar-refractivity contribution in [3.63, 3.8) is 0 Å². The van der Waals surface area contributed by atoms with E-state index >= 15 is 0 Å². The molecule has 0 aromatic rings. The lowest BCUT2D eigenvalue weighted by atomic mass is 9.83. The zero-order valence-corrected chi connectivity index (χ0v) is 11.1. The molecule has 3 atom stereocenters. The van der Waals surface area contributed by atoms with Crippen LogP contribution in [0.15, 0.2) is 0 Å². The second-order valence-electron chi connectivity index (χ2n) is 5.34. The fourth-order valence-corrected chi connectivity index (χ4v) is 3.83. The maximum atomic E-state index is 12.6. The van der Waals surface area contributed by atoms with E-state index in [-0.39, 0.29) is 11.5 Å². The lowest BCUT2D eigenvalue weighted by Crippen LogP contribution is -2.54. The second-order valence-corrected chi connectivity index (χ2v) is 6.49. The minimum atomic E-state index is -0.295. The number of nitrogens with two attached hydrogens (primary N) is 1. The maximum absolute atomic E-state index is 12.6. The Kier molecular flexibility index (Phi) is 3.50. The van der Waals surface area contributed by atoms with Gasteiger partial charge >= 0.3 is 0 Å². The highest BCUT2D eigenvalue weighted by Gasteiger charge is 2.46. The Bertz CT molecular complexity index is 284. The van der Waals surface area contributed by atoms with Crippen molar-refractivity contribution in [3.05, 3.63) is 0 Å². The highest BCUT2D eigenvalue weighted by atomic mass is 32.2. The van der Waals surface area contributed by atoms with Gasteiger partial charge in [-0.25, -0.2) is 0 Å². The summed E-state index contributed by atoms with van der Waals surface area (Å²) < 4.78 is 0. The van der Waals surface area contributed by atoms with Crippen molar-refractivity contribution in [2.45, 2.75) is 45.2 Å². The van der Waals surface area contributed by atoms with Crippen molar-refractivity contribution in [1.29, 1.82) is 0 Å². The minimum Gasteiger partial charge on any atom is -0.338 e. The number of thioether (sulfide) groups is 1. The monoisotopic (exact) mass is 242 g/mol. The summed E-state index contributed by atoms with van der Waals surface area (Å²) in [6.45, 7) is 5.10. The number of hydrogen-bond acceptors (Lipinski definition) is 3. The van der Waals surface area contributed by atoms with E-state index in [2.05, 4.69) is 18.7 Å². The van der Waals surface area contributed by atoms with E-state index in [1.165, 1.54) is 0 Å². The molecule has 0 aromatic heterocycles. The van der Waals surface area contributed by atoms with Crippen LogP contribution in [0.2, 0.25) is 0 Å². The molecule has 0 aromatic carbocycles. The highest BCUT2D eigenvalue weighted by molar-refractivity contribution is 7.99. The molecule has 1 saturated carbocycles. The summed E-state index contributed by atoms with van der Waals surface area (Å²) in [6, 6.07) is 0.428. The number of carbonyl (C=O) groups is 1. The summed E-state index contributed by atoms with van der Waals surface area (Å²) in [5.41, 5.74) is 5.82. The van der Waals surface area contributed by atoms with Crippen LogP contribution >= 0.6 is 11.8 Å². The first-order chi connectivity index (χ1) is 7.55. The summed E-state index contributed by atoms with van der Waals surface area (Å²) in [5, 5.41) is 0. The van der Waals surface area contributed by atoms with E-state index in [0.717, 1.165) is 37.3 Å². The summed E-state index contributed by atoms with van der Waals surface area (Å²) in [7, 11) is 0. The molecule has 1 saturated heterocycles. The molecular weight excluding hydrogens is 220 g/mol. The fraction of sp³-hybridized carbons (Fsp3) is 0.917. The van der Waals surface area contributed by atoms with Crippen molar-refractivity contribution in [2.24, 2.45) is 11.1 Å². The van der Waals surface area contributed by atoms with Gasteiger partial charge in [0.2, 0.25) is 5.91 Å². The van der Waals surface area contributed by atoms with Crippen molar-refractivity contribution < 1.29 is 4.79 Å². The third-order valence-corrected chi connectivity index (χ3v) is 5.34. The molecule has 0 radical (unpaired) electrons. The molecule has 3 nitrogen and oxygen atoms in total. The number of carbonyl (C=O) groups excluding carboxylic acids is 1. The Labute approximate surface area is 102 Å². The molecule has 1 aliphatic heterocycles. The van der Waals surface area contributed by atoms with E-state index in [1.54, 1.807) is 0 Å². The third kappa shape index (κ3) is 1.97. The Morgan fingerprint density at radius 1 is 1.56 bits per heavy atom. The van der Waals surface area contributed by atoms with Gasteiger partial charge in [-0.3, -0.25) is 4.79 Å². The van der Waals surface area contributed by atoms with Crippen molar-refractivity contribution in [3.8, 4) is 0 Å². The van der Waals surface area contributed by atoms with Crippen LogP contribution in [-0.2, 0) is 4.79 Å². The lowest BCUT2D eigenvalue weighted by molar-refractivity contribution is -0.143. The van der Waals surface area contributed by atoms with Gasteiger partial charge in [-0.2, -0.15) is 11.8 Å². The molecule has 0 spiro atoms. The van der Waals surface area contributed by atoms with Gasteiger partial charge in [0.05, 0.1) is 5.41 Å². The number of amides is 1. The zero-order chi connectivity index (χ0) is 11.8. The van der Waals surface area contributed by atoms with Gasteiger partial charge in [-0.15, -0.1) is 0 Å². The summed E-state index contributed by atoms with van der Waals surface area (Å²) in [6.07, 6.45) is 3.06. The van der Waals surface area contributed by atoms with Gasteiger partial charge in [0.1, 0.15) is 0 Å². The van der Waals surface area contributed by atoms with Crippen LogP contribution in [0.25, 0.3) is 0 Å². The van der Waals surface area contributed by atoms with E-state index in [9.17, 15) is 4.79 Å². The maximum Gasteiger partial charge on any atom is 0.230 e. The van der Waals surface area contributed by atoms with E-state index < -0.39 is 0 Å². The standard InChI is InChI=1S/C12H22N2OS/c1-9-8-16-7-6-14(9)11(15)12(2)5-3-4-10(12)13/h9-10H,3-8,13H2,1-2H3. The average Bonchev–Trinajstić information content (AvgIpc) is 2.60. The van der Waals surface area contributed by atoms with E-state index in [4.69, 9.17) is 5.73 Å². The normalized spacial score (nSPS) is 40.1. The van der Waals surface area contributed by atoms with Crippen LogP contribution < -0.4 is 5.73 Å². The number of nitrogens with zero attached hydrogens (tertiary/aromatic N) is 1. The van der Waals surface area contributed by atoms with Gasteiger partial charge in [-0.05, 0) is 26.7 Å². The molecule has 0 bridgehead atoms. The molecule has 2 aliphatic rings. The molecule has 2 N–H and O–H groups in total. The van der Waals surface area contributed by atoms with Gasteiger partial charge in [0.25, 0.3) is 0 Å². The molecule has 1 amide bonds. The zero-order valence-electron chi connectivity index (χ0n) is 10.2. The fourth-order valence-electron chi connectivity index (χ4n) is 2.82. The predicted octanol–water partition coefficient (Wildman–Crippen LogP) is 1.47. The van der Waals surface area contributed by atoms with Gasteiger partial charge in [0.15, 0.2) is 0 Å². The summed E-state index contributed by atoms with van der Waals surface area (Å²) in [5.74, 6) is 2.43. The topological polar surface area (TPSA) is 46.3 Å². The summed E-state index contributed by atoms with van der Waals surface area (Å²) >= 11 is 1.94. The molecule has 4 heteroatoms. The number of rotatable bonds is 1. The molecule has 1 aliphatic carbocycles. The van der Waals surface area contributed by atoms with Gasteiger partial charge in [0, 0.05) is 30.1 Å².